The van der Waals surface area contributed by atoms with Gasteiger partial charge >= 0.3 is 11.9 Å². The van der Waals surface area contributed by atoms with Crippen molar-refractivity contribution in [1.82, 2.24) is 5.32 Å². The number of hydrogen-bond acceptors (Lipinski definition) is 3. The first-order valence-corrected chi connectivity index (χ1v) is 6.34. The summed E-state index contributed by atoms with van der Waals surface area (Å²) in [5.41, 5.74) is 0. The molecule has 0 aromatic rings. The third-order valence-electron chi connectivity index (χ3n) is 3.35. The highest BCUT2D eigenvalue weighted by Gasteiger charge is 2.38. The van der Waals surface area contributed by atoms with Crippen molar-refractivity contribution in [3.63, 3.8) is 0 Å². The first-order chi connectivity index (χ1) is 9.21. The zero-order valence-electron chi connectivity index (χ0n) is 10.8. The van der Waals surface area contributed by atoms with E-state index in [9.17, 15) is 23.2 Å². The number of rotatable bonds is 6. The van der Waals surface area contributed by atoms with Gasteiger partial charge in [0.2, 0.25) is 11.8 Å². The van der Waals surface area contributed by atoms with Crippen LogP contribution in [0.5, 0.6) is 0 Å². The largest absolute Gasteiger partial charge is 0.481 e. The summed E-state index contributed by atoms with van der Waals surface area (Å²) in [6.45, 7) is 0. The van der Waals surface area contributed by atoms with Crippen molar-refractivity contribution in [2.24, 2.45) is 5.92 Å². The molecule has 0 radical (unpaired) electrons. The van der Waals surface area contributed by atoms with Crippen LogP contribution in [0, 0.1) is 5.92 Å². The monoisotopic (exact) mass is 293 g/mol. The Labute approximate surface area is 114 Å². The van der Waals surface area contributed by atoms with Gasteiger partial charge in [-0.2, -0.15) is 0 Å². The molecule has 1 aliphatic carbocycles. The number of nitrogens with one attached hydrogen (secondary N) is 1. The molecule has 1 saturated carbocycles. The van der Waals surface area contributed by atoms with Gasteiger partial charge in [0, 0.05) is 25.2 Å². The Kier molecular flexibility index (Phi) is 5.41. The van der Waals surface area contributed by atoms with Gasteiger partial charge in [0.25, 0.3) is 0 Å². The molecule has 0 bridgehead atoms. The highest BCUT2D eigenvalue weighted by molar-refractivity contribution is 5.85. The van der Waals surface area contributed by atoms with Crippen LogP contribution in [0.3, 0.4) is 0 Å². The minimum absolute atomic E-state index is 0.00407. The van der Waals surface area contributed by atoms with Crippen molar-refractivity contribution < 1.29 is 33.4 Å². The minimum atomic E-state index is -2.76. The maximum atomic E-state index is 13.0. The molecule has 0 aromatic heterocycles. The van der Waals surface area contributed by atoms with Gasteiger partial charge in [0.05, 0.1) is 0 Å². The summed E-state index contributed by atoms with van der Waals surface area (Å²) in [5, 5.41) is 19.6. The van der Waals surface area contributed by atoms with Gasteiger partial charge in [-0.15, -0.1) is 0 Å². The van der Waals surface area contributed by atoms with Crippen molar-refractivity contribution in [3.05, 3.63) is 0 Å². The van der Waals surface area contributed by atoms with Crippen molar-refractivity contribution in [3.8, 4) is 0 Å². The number of carbonyl (C=O) groups excluding carboxylic acids is 1. The zero-order chi connectivity index (χ0) is 15.3. The van der Waals surface area contributed by atoms with Crippen molar-refractivity contribution in [2.45, 2.75) is 50.5 Å². The number of hydrogen-bond donors (Lipinski definition) is 3. The summed E-state index contributed by atoms with van der Waals surface area (Å²) >= 11 is 0. The Morgan fingerprint density at radius 3 is 2.20 bits per heavy atom. The maximum Gasteiger partial charge on any atom is 0.326 e. The number of carbonyl (C=O) groups is 3. The minimum Gasteiger partial charge on any atom is -0.481 e. The zero-order valence-corrected chi connectivity index (χ0v) is 10.8. The molecule has 114 valence electrons. The fraction of sp³-hybridized carbons (Fsp3) is 0.750. The molecule has 0 aliphatic heterocycles. The van der Waals surface area contributed by atoms with Gasteiger partial charge in [-0.3, -0.25) is 9.59 Å². The molecule has 1 aliphatic rings. The Balaban J connectivity index is 2.50. The molecule has 8 heteroatoms. The second-order valence-electron chi connectivity index (χ2n) is 4.96. The van der Waals surface area contributed by atoms with E-state index in [4.69, 9.17) is 10.2 Å². The van der Waals surface area contributed by atoms with E-state index in [0.717, 1.165) is 0 Å². The lowest BCUT2D eigenvalue weighted by Crippen LogP contribution is -2.45. The average Bonchev–Trinajstić information content (AvgIpc) is 2.33. The van der Waals surface area contributed by atoms with E-state index < -0.39 is 48.6 Å². The topological polar surface area (TPSA) is 104 Å². The molecule has 0 unspecified atom stereocenters. The maximum absolute atomic E-state index is 13.0. The molecule has 1 amide bonds. The SMILES string of the molecule is O=C(O)CC[C@H](NC(=O)C1CCC(F)(F)CC1)C(=O)O. The first kappa shape index (κ1) is 16.3. The normalized spacial score (nSPS) is 20.1. The quantitative estimate of drug-likeness (QED) is 0.683. The van der Waals surface area contributed by atoms with Crippen LogP contribution in [0.25, 0.3) is 0 Å². The van der Waals surface area contributed by atoms with Crippen molar-refractivity contribution in [1.29, 1.82) is 0 Å². The Morgan fingerprint density at radius 1 is 1.20 bits per heavy atom. The number of halogens is 2. The second-order valence-corrected chi connectivity index (χ2v) is 4.96. The van der Waals surface area contributed by atoms with Crippen LogP contribution in [0.1, 0.15) is 38.5 Å². The smallest absolute Gasteiger partial charge is 0.326 e. The van der Waals surface area contributed by atoms with Gasteiger partial charge < -0.3 is 15.5 Å². The number of aliphatic carboxylic acids is 2. The van der Waals surface area contributed by atoms with Crippen molar-refractivity contribution in [2.75, 3.05) is 0 Å². The number of carboxylic acid groups (broad SMARTS) is 2. The van der Waals surface area contributed by atoms with E-state index in [1.807, 2.05) is 0 Å². The lowest BCUT2D eigenvalue weighted by atomic mass is 9.86. The van der Waals surface area contributed by atoms with Gasteiger partial charge in [0.1, 0.15) is 6.04 Å². The predicted molar refractivity (Wildman–Crippen MR) is 63.3 cm³/mol. The summed E-state index contributed by atoms with van der Waals surface area (Å²) in [5.74, 6) is -6.49. The van der Waals surface area contributed by atoms with Crippen LogP contribution in [-0.2, 0) is 14.4 Å². The number of alkyl halides is 2. The number of amides is 1. The van der Waals surface area contributed by atoms with E-state index in [1.165, 1.54) is 0 Å². The fourth-order valence-corrected chi connectivity index (χ4v) is 2.12. The summed E-state index contributed by atoms with van der Waals surface area (Å²) in [4.78, 5) is 33.1. The average molecular weight is 293 g/mol. The fourth-order valence-electron chi connectivity index (χ4n) is 2.12. The van der Waals surface area contributed by atoms with Gasteiger partial charge in [-0.25, -0.2) is 13.6 Å². The Bertz CT molecular complexity index is 389. The molecule has 0 spiro atoms. The summed E-state index contributed by atoms with van der Waals surface area (Å²) in [6.07, 6.45) is -1.40. The highest BCUT2D eigenvalue weighted by Crippen LogP contribution is 2.36. The Morgan fingerprint density at radius 2 is 1.75 bits per heavy atom. The molecular weight excluding hydrogens is 276 g/mol. The van der Waals surface area contributed by atoms with Crippen LogP contribution >= 0.6 is 0 Å². The summed E-state index contributed by atoms with van der Waals surface area (Å²) in [6, 6.07) is -1.30. The molecule has 0 saturated heterocycles. The third kappa shape index (κ3) is 5.10. The highest BCUT2D eigenvalue weighted by atomic mass is 19.3. The van der Waals surface area contributed by atoms with Gasteiger partial charge in [0.15, 0.2) is 0 Å². The molecule has 20 heavy (non-hydrogen) atoms. The predicted octanol–water partition coefficient (Wildman–Crippen LogP) is 1.25. The van der Waals surface area contributed by atoms with Crippen LogP contribution in [0.2, 0.25) is 0 Å². The molecule has 1 atom stereocenters. The van der Waals surface area contributed by atoms with Crippen LogP contribution in [0.4, 0.5) is 8.78 Å². The van der Waals surface area contributed by atoms with E-state index >= 15 is 0 Å². The lowest BCUT2D eigenvalue weighted by molar-refractivity contribution is -0.144. The van der Waals surface area contributed by atoms with Crippen LogP contribution in [0.15, 0.2) is 0 Å². The third-order valence-corrected chi connectivity index (χ3v) is 3.35. The molecule has 6 nitrogen and oxygen atoms in total. The summed E-state index contributed by atoms with van der Waals surface area (Å²) in [7, 11) is 0. The van der Waals surface area contributed by atoms with E-state index in [1.54, 1.807) is 0 Å². The van der Waals surface area contributed by atoms with E-state index in [0.29, 0.717) is 0 Å². The van der Waals surface area contributed by atoms with Gasteiger partial charge in [-0.05, 0) is 19.3 Å². The molecule has 0 aromatic carbocycles. The van der Waals surface area contributed by atoms with E-state index in [-0.39, 0.29) is 25.7 Å². The molecular formula is C12H17F2NO5. The second kappa shape index (κ2) is 6.62. The molecule has 0 heterocycles. The van der Waals surface area contributed by atoms with Crippen LogP contribution in [-0.4, -0.2) is 40.0 Å². The van der Waals surface area contributed by atoms with Crippen molar-refractivity contribution >= 4 is 17.8 Å². The van der Waals surface area contributed by atoms with Gasteiger partial charge in [-0.1, -0.05) is 0 Å². The standard InChI is InChI=1S/C12H17F2NO5/c13-12(14)5-3-7(4-6-12)10(18)15-8(11(19)20)1-2-9(16)17/h7-8H,1-6H2,(H,15,18)(H,16,17)(H,19,20)/t8-/m0/s1. The van der Waals surface area contributed by atoms with E-state index in [2.05, 4.69) is 5.32 Å². The molecule has 1 fully saturated rings. The van der Waals surface area contributed by atoms with Crippen LogP contribution < -0.4 is 5.32 Å². The first-order valence-electron chi connectivity index (χ1n) is 6.34. The molecule has 1 rings (SSSR count). The molecule has 3 N–H and O–H groups in total. The lowest BCUT2D eigenvalue weighted by Gasteiger charge is -2.28. The summed E-state index contributed by atoms with van der Waals surface area (Å²) < 4.78 is 25.9. The Hall–Kier alpha value is -1.73. The number of carboxylic acids is 2.